The zero-order valence-corrected chi connectivity index (χ0v) is 8.71. The van der Waals surface area contributed by atoms with Gasteiger partial charge in [-0.05, 0) is 6.42 Å². The van der Waals surface area contributed by atoms with E-state index < -0.39 is 0 Å². The molecule has 2 rings (SSSR count). The lowest BCUT2D eigenvalue weighted by atomic mass is 10.4. The van der Waals surface area contributed by atoms with E-state index in [1.54, 1.807) is 34.9 Å². The molecule has 2 aromatic rings. The highest BCUT2D eigenvalue weighted by Gasteiger charge is 1.98. The summed E-state index contributed by atoms with van der Waals surface area (Å²) in [5.74, 6) is 0. The number of rotatable bonds is 4. The second-order valence-corrected chi connectivity index (χ2v) is 3.54. The highest BCUT2D eigenvalue weighted by Crippen LogP contribution is 1.93. The zero-order valence-electron chi connectivity index (χ0n) is 8.71. The van der Waals surface area contributed by atoms with Gasteiger partial charge < -0.3 is 9.13 Å². The van der Waals surface area contributed by atoms with Crippen LogP contribution in [0.3, 0.4) is 0 Å². The van der Waals surface area contributed by atoms with Crippen LogP contribution in [0, 0.1) is 0 Å². The number of hydrogen-bond acceptors (Lipinski definition) is 2. The molecule has 0 bridgehead atoms. The third-order valence-electron chi connectivity index (χ3n) is 2.39. The predicted octanol–water partition coefficient (Wildman–Crippen LogP) is 0.474. The molecule has 0 atom stereocenters. The number of aromatic nitrogens is 4. The maximum absolute atomic E-state index is 11.5. The summed E-state index contributed by atoms with van der Waals surface area (Å²) in [4.78, 5) is 15.4. The van der Waals surface area contributed by atoms with Crippen LogP contribution in [0.5, 0.6) is 0 Å². The minimum absolute atomic E-state index is 0.0423. The molecule has 15 heavy (non-hydrogen) atoms. The van der Waals surface area contributed by atoms with Crippen LogP contribution in [-0.4, -0.2) is 18.7 Å². The monoisotopic (exact) mass is 206 g/mol. The number of hydrogen-bond donors (Lipinski definition) is 0. The summed E-state index contributed by atoms with van der Waals surface area (Å²) in [6.07, 6.45) is 9.99. The third kappa shape index (κ3) is 2.18. The van der Waals surface area contributed by atoms with Crippen molar-refractivity contribution < 1.29 is 0 Å². The van der Waals surface area contributed by atoms with Gasteiger partial charge in [-0.15, -0.1) is 0 Å². The van der Waals surface area contributed by atoms with Crippen LogP contribution in [0.25, 0.3) is 0 Å². The normalized spacial score (nSPS) is 10.7. The predicted molar refractivity (Wildman–Crippen MR) is 56.5 cm³/mol. The summed E-state index contributed by atoms with van der Waals surface area (Å²) in [6, 6.07) is 0. The first-order valence-corrected chi connectivity index (χ1v) is 4.95. The van der Waals surface area contributed by atoms with Crippen LogP contribution in [0.1, 0.15) is 6.42 Å². The lowest BCUT2D eigenvalue weighted by Crippen LogP contribution is -2.22. The highest BCUT2D eigenvalue weighted by atomic mass is 16.1. The Labute approximate surface area is 87.6 Å². The van der Waals surface area contributed by atoms with Gasteiger partial charge in [-0.2, -0.15) is 0 Å². The van der Waals surface area contributed by atoms with Crippen LogP contribution in [-0.2, 0) is 20.1 Å². The van der Waals surface area contributed by atoms with E-state index in [0.29, 0.717) is 0 Å². The van der Waals surface area contributed by atoms with Gasteiger partial charge in [-0.3, -0.25) is 4.57 Å². The molecule has 0 aliphatic rings. The van der Waals surface area contributed by atoms with Crippen LogP contribution < -0.4 is 5.69 Å². The molecule has 0 spiro atoms. The van der Waals surface area contributed by atoms with Gasteiger partial charge in [-0.25, -0.2) is 9.78 Å². The maximum atomic E-state index is 11.5. The fourth-order valence-corrected chi connectivity index (χ4v) is 1.52. The molecule has 0 fully saturated rings. The van der Waals surface area contributed by atoms with E-state index in [1.807, 2.05) is 17.0 Å². The number of aryl methyl sites for hydroxylation is 3. The third-order valence-corrected chi connectivity index (χ3v) is 2.39. The first-order chi connectivity index (χ1) is 7.27. The highest BCUT2D eigenvalue weighted by molar-refractivity contribution is 4.80. The van der Waals surface area contributed by atoms with Crippen LogP contribution >= 0.6 is 0 Å². The van der Waals surface area contributed by atoms with Gasteiger partial charge in [0.1, 0.15) is 0 Å². The molecule has 2 aromatic heterocycles. The molecular weight excluding hydrogens is 192 g/mol. The van der Waals surface area contributed by atoms with Gasteiger partial charge in [0.2, 0.25) is 0 Å². The Kier molecular flexibility index (Phi) is 2.71. The van der Waals surface area contributed by atoms with Crippen molar-refractivity contribution in [3.63, 3.8) is 0 Å². The molecule has 0 aliphatic carbocycles. The molecule has 80 valence electrons. The van der Waals surface area contributed by atoms with E-state index >= 15 is 0 Å². The molecule has 0 radical (unpaired) electrons. The second-order valence-electron chi connectivity index (χ2n) is 3.54. The van der Waals surface area contributed by atoms with Crippen molar-refractivity contribution in [3.8, 4) is 0 Å². The minimum Gasteiger partial charge on any atom is -0.337 e. The van der Waals surface area contributed by atoms with E-state index in [1.165, 1.54) is 0 Å². The molecular formula is C10H14N4O. The average Bonchev–Trinajstić information content (AvgIpc) is 2.83. The Morgan fingerprint density at radius 3 is 2.73 bits per heavy atom. The molecule has 0 saturated carbocycles. The Morgan fingerprint density at radius 1 is 1.27 bits per heavy atom. The fourth-order valence-electron chi connectivity index (χ4n) is 1.52. The Bertz CT molecular complexity index is 466. The quantitative estimate of drug-likeness (QED) is 0.730. The molecule has 0 amide bonds. The smallest absolute Gasteiger partial charge is 0.327 e. The van der Waals surface area contributed by atoms with Crippen molar-refractivity contribution in [2.75, 3.05) is 0 Å². The standard InChI is InChI=1S/C10H14N4O/c1-12-7-8-14(10(12)15)5-2-4-13-6-3-11-9-13/h3,6-9H,2,4-5H2,1H3. The van der Waals surface area contributed by atoms with Crippen molar-refractivity contribution in [3.05, 3.63) is 41.6 Å². The molecule has 0 aliphatic heterocycles. The maximum Gasteiger partial charge on any atom is 0.327 e. The summed E-state index contributed by atoms with van der Waals surface area (Å²) in [6.45, 7) is 1.64. The number of nitrogens with zero attached hydrogens (tertiary/aromatic N) is 4. The van der Waals surface area contributed by atoms with Gasteiger partial charge in [0.25, 0.3) is 0 Å². The fraction of sp³-hybridized carbons (Fsp3) is 0.400. The lowest BCUT2D eigenvalue weighted by Gasteiger charge is -2.02. The topological polar surface area (TPSA) is 44.8 Å². The SMILES string of the molecule is Cn1ccn(CCCn2ccnc2)c1=O. The van der Waals surface area contributed by atoms with E-state index in [4.69, 9.17) is 0 Å². The number of imidazole rings is 2. The van der Waals surface area contributed by atoms with Crippen LogP contribution in [0.4, 0.5) is 0 Å². The Hall–Kier alpha value is -1.78. The van der Waals surface area contributed by atoms with Crippen molar-refractivity contribution in [1.29, 1.82) is 0 Å². The van der Waals surface area contributed by atoms with Crippen molar-refractivity contribution >= 4 is 0 Å². The van der Waals surface area contributed by atoms with Gasteiger partial charge in [-0.1, -0.05) is 0 Å². The van der Waals surface area contributed by atoms with Crippen molar-refractivity contribution in [2.24, 2.45) is 7.05 Å². The first kappa shape index (κ1) is 9.76. The lowest BCUT2D eigenvalue weighted by molar-refractivity contribution is 0.547. The van der Waals surface area contributed by atoms with Crippen LogP contribution in [0.15, 0.2) is 35.9 Å². The second kappa shape index (κ2) is 4.16. The van der Waals surface area contributed by atoms with E-state index in [0.717, 1.165) is 19.5 Å². The summed E-state index contributed by atoms with van der Waals surface area (Å²) in [5, 5.41) is 0. The van der Waals surface area contributed by atoms with Gasteiger partial charge in [0, 0.05) is 44.9 Å². The van der Waals surface area contributed by atoms with Crippen molar-refractivity contribution in [1.82, 2.24) is 18.7 Å². The molecule has 0 aromatic carbocycles. The van der Waals surface area contributed by atoms with E-state index in [9.17, 15) is 4.79 Å². The molecule has 0 unspecified atom stereocenters. The molecule has 2 heterocycles. The Morgan fingerprint density at radius 2 is 2.13 bits per heavy atom. The zero-order chi connectivity index (χ0) is 10.7. The molecule has 5 heteroatoms. The van der Waals surface area contributed by atoms with Gasteiger partial charge in [0.15, 0.2) is 0 Å². The summed E-state index contributed by atoms with van der Waals surface area (Å²) < 4.78 is 5.31. The summed E-state index contributed by atoms with van der Waals surface area (Å²) >= 11 is 0. The first-order valence-electron chi connectivity index (χ1n) is 4.95. The van der Waals surface area contributed by atoms with E-state index in [-0.39, 0.29) is 5.69 Å². The van der Waals surface area contributed by atoms with Crippen molar-refractivity contribution in [2.45, 2.75) is 19.5 Å². The average molecular weight is 206 g/mol. The van der Waals surface area contributed by atoms with Crippen LogP contribution in [0.2, 0.25) is 0 Å². The largest absolute Gasteiger partial charge is 0.337 e. The Balaban J connectivity index is 1.89. The molecule has 0 N–H and O–H groups in total. The summed E-state index contributed by atoms with van der Waals surface area (Å²) in [7, 11) is 1.76. The molecule has 5 nitrogen and oxygen atoms in total. The van der Waals surface area contributed by atoms with Gasteiger partial charge in [0.05, 0.1) is 6.33 Å². The molecule has 0 saturated heterocycles. The minimum atomic E-state index is 0.0423. The van der Waals surface area contributed by atoms with Gasteiger partial charge >= 0.3 is 5.69 Å². The summed E-state index contributed by atoms with van der Waals surface area (Å²) in [5.41, 5.74) is 0.0423. The van der Waals surface area contributed by atoms with E-state index in [2.05, 4.69) is 4.98 Å².